The largest absolute Gasteiger partial charge is 0.416 e. The number of carbonyl (C=O) groups excluding carboxylic acids is 1. The number of ether oxygens (including phenoxy) is 1. The summed E-state index contributed by atoms with van der Waals surface area (Å²) in [4.78, 5) is 19.7. The van der Waals surface area contributed by atoms with Crippen molar-refractivity contribution >= 4 is 23.1 Å². The Bertz CT molecular complexity index is 1030. The van der Waals surface area contributed by atoms with Crippen molar-refractivity contribution in [1.29, 1.82) is 0 Å². The third kappa shape index (κ3) is 5.05. The van der Waals surface area contributed by atoms with Crippen LogP contribution in [0.5, 0.6) is 0 Å². The van der Waals surface area contributed by atoms with Gasteiger partial charge in [-0.05, 0) is 41.3 Å². The van der Waals surface area contributed by atoms with E-state index in [1.54, 1.807) is 23.5 Å². The van der Waals surface area contributed by atoms with Crippen molar-refractivity contribution in [3.8, 4) is 11.3 Å². The third-order valence-corrected chi connectivity index (χ3v) is 5.66. The molecule has 1 amide bonds. The Balaban J connectivity index is 1.53. The second-order valence-electron chi connectivity index (χ2n) is 7.06. The molecule has 1 aliphatic heterocycles. The molecular weight excluding hydrogens is 427 g/mol. The Labute approximate surface area is 181 Å². The first kappa shape index (κ1) is 21.3. The van der Waals surface area contributed by atoms with Gasteiger partial charge in [-0.3, -0.25) is 4.79 Å². The highest BCUT2D eigenvalue weighted by Crippen LogP contribution is 2.29. The Hall–Kier alpha value is -2.91. The van der Waals surface area contributed by atoms with Crippen LogP contribution in [0.25, 0.3) is 11.3 Å². The molecule has 0 bridgehead atoms. The van der Waals surface area contributed by atoms with Gasteiger partial charge >= 0.3 is 6.18 Å². The first-order valence-corrected chi connectivity index (χ1v) is 10.7. The SMILES string of the molecule is O=C(NCc1ccc(C(F)(F)F)cc1)c1ccc(-c2ccsc2)nc1N1CCOCC1. The van der Waals surface area contributed by atoms with E-state index in [-0.39, 0.29) is 12.5 Å². The molecule has 0 aliphatic carbocycles. The second-order valence-corrected chi connectivity index (χ2v) is 7.84. The van der Waals surface area contributed by atoms with Gasteiger partial charge < -0.3 is 15.0 Å². The van der Waals surface area contributed by atoms with Crippen molar-refractivity contribution in [2.24, 2.45) is 0 Å². The van der Waals surface area contributed by atoms with E-state index in [4.69, 9.17) is 9.72 Å². The lowest BCUT2D eigenvalue weighted by Crippen LogP contribution is -2.38. The molecule has 0 spiro atoms. The van der Waals surface area contributed by atoms with Crippen LogP contribution in [0.3, 0.4) is 0 Å². The molecule has 3 heterocycles. The number of halogens is 3. The fraction of sp³-hybridized carbons (Fsp3) is 0.273. The average molecular weight is 447 g/mol. The number of carbonyl (C=O) groups is 1. The number of nitrogens with zero attached hydrogens (tertiary/aromatic N) is 2. The molecule has 3 aromatic rings. The minimum absolute atomic E-state index is 0.117. The zero-order chi connectivity index (χ0) is 21.8. The fourth-order valence-electron chi connectivity index (χ4n) is 3.30. The van der Waals surface area contributed by atoms with Crippen LogP contribution in [0.15, 0.2) is 53.2 Å². The van der Waals surface area contributed by atoms with Crippen LogP contribution in [0.2, 0.25) is 0 Å². The number of nitrogens with one attached hydrogen (secondary N) is 1. The molecule has 162 valence electrons. The van der Waals surface area contributed by atoms with E-state index in [1.165, 1.54) is 12.1 Å². The molecule has 1 aromatic carbocycles. The van der Waals surface area contributed by atoms with E-state index in [0.717, 1.165) is 23.4 Å². The fourth-order valence-corrected chi connectivity index (χ4v) is 3.95. The van der Waals surface area contributed by atoms with Crippen LogP contribution < -0.4 is 10.2 Å². The van der Waals surface area contributed by atoms with Crippen LogP contribution in [-0.4, -0.2) is 37.2 Å². The quantitative estimate of drug-likeness (QED) is 0.621. The first-order valence-electron chi connectivity index (χ1n) is 9.72. The zero-order valence-electron chi connectivity index (χ0n) is 16.5. The van der Waals surface area contributed by atoms with E-state index in [1.807, 2.05) is 21.7 Å². The zero-order valence-corrected chi connectivity index (χ0v) is 17.3. The Morgan fingerprint density at radius 3 is 2.48 bits per heavy atom. The molecule has 1 fully saturated rings. The summed E-state index contributed by atoms with van der Waals surface area (Å²) in [5, 5.41) is 6.76. The van der Waals surface area contributed by atoms with Gasteiger partial charge in [-0.1, -0.05) is 12.1 Å². The number of rotatable bonds is 5. The molecular formula is C22H20F3N3O2S. The highest BCUT2D eigenvalue weighted by molar-refractivity contribution is 7.08. The van der Waals surface area contributed by atoms with Crippen molar-refractivity contribution in [3.63, 3.8) is 0 Å². The first-order chi connectivity index (χ1) is 14.9. The van der Waals surface area contributed by atoms with Gasteiger partial charge in [0, 0.05) is 30.6 Å². The molecule has 2 aromatic heterocycles. The molecule has 1 aliphatic rings. The monoisotopic (exact) mass is 447 g/mol. The van der Waals surface area contributed by atoms with Crippen LogP contribution in [0, 0.1) is 0 Å². The van der Waals surface area contributed by atoms with Gasteiger partial charge in [0.05, 0.1) is 30.0 Å². The summed E-state index contributed by atoms with van der Waals surface area (Å²) in [6.07, 6.45) is -4.38. The molecule has 0 unspecified atom stereocenters. The van der Waals surface area contributed by atoms with Gasteiger partial charge in [0.15, 0.2) is 0 Å². The predicted octanol–water partition coefficient (Wildman–Crippen LogP) is 4.60. The van der Waals surface area contributed by atoms with E-state index < -0.39 is 11.7 Å². The van der Waals surface area contributed by atoms with Gasteiger partial charge in [-0.25, -0.2) is 4.98 Å². The van der Waals surface area contributed by atoms with Crippen LogP contribution in [-0.2, 0) is 17.5 Å². The third-order valence-electron chi connectivity index (χ3n) is 4.98. The van der Waals surface area contributed by atoms with Gasteiger partial charge in [0.1, 0.15) is 5.82 Å². The minimum atomic E-state index is -4.38. The molecule has 1 saturated heterocycles. The van der Waals surface area contributed by atoms with Gasteiger partial charge in [0.25, 0.3) is 5.91 Å². The number of pyridine rings is 1. The molecule has 1 N–H and O–H groups in total. The average Bonchev–Trinajstić information content (AvgIpc) is 3.32. The molecule has 5 nitrogen and oxygen atoms in total. The van der Waals surface area contributed by atoms with Gasteiger partial charge in [-0.2, -0.15) is 24.5 Å². The summed E-state index contributed by atoms with van der Waals surface area (Å²) in [7, 11) is 0. The number of amides is 1. The molecule has 4 rings (SSSR count). The van der Waals surface area contributed by atoms with E-state index >= 15 is 0 Å². The number of anilines is 1. The van der Waals surface area contributed by atoms with Crippen LogP contribution in [0.4, 0.5) is 19.0 Å². The smallest absolute Gasteiger partial charge is 0.378 e. The summed E-state index contributed by atoms with van der Waals surface area (Å²) >= 11 is 1.57. The maximum absolute atomic E-state index is 12.9. The second kappa shape index (κ2) is 9.07. The van der Waals surface area contributed by atoms with E-state index in [9.17, 15) is 18.0 Å². The molecule has 31 heavy (non-hydrogen) atoms. The number of thiophene rings is 1. The van der Waals surface area contributed by atoms with Crippen molar-refractivity contribution in [2.75, 3.05) is 31.2 Å². The number of benzene rings is 1. The topological polar surface area (TPSA) is 54.5 Å². The summed E-state index contributed by atoms with van der Waals surface area (Å²) < 4.78 is 43.6. The summed E-state index contributed by atoms with van der Waals surface area (Å²) in [6.45, 7) is 2.47. The maximum Gasteiger partial charge on any atom is 0.416 e. The van der Waals surface area contributed by atoms with Crippen molar-refractivity contribution < 1.29 is 22.7 Å². The van der Waals surface area contributed by atoms with Crippen LogP contribution >= 0.6 is 11.3 Å². The van der Waals surface area contributed by atoms with Gasteiger partial charge in [0.2, 0.25) is 0 Å². The Morgan fingerprint density at radius 2 is 1.84 bits per heavy atom. The van der Waals surface area contributed by atoms with Gasteiger partial charge in [-0.15, -0.1) is 0 Å². The van der Waals surface area contributed by atoms with Crippen LogP contribution in [0.1, 0.15) is 21.5 Å². The summed E-state index contributed by atoms with van der Waals surface area (Å²) in [5.74, 6) is 0.252. The van der Waals surface area contributed by atoms with Crippen molar-refractivity contribution in [3.05, 3.63) is 69.9 Å². The highest BCUT2D eigenvalue weighted by Gasteiger charge is 2.30. The number of aromatic nitrogens is 1. The van der Waals surface area contributed by atoms with E-state index in [2.05, 4.69) is 5.32 Å². The standard InChI is InChI=1S/C22H20F3N3O2S/c23-22(24,25)17-3-1-15(2-4-17)13-26-21(29)18-5-6-19(16-7-12-31-14-16)27-20(18)28-8-10-30-11-9-28/h1-7,12,14H,8-11,13H2,(H,26,29). The Kier molecular flexibility index (Phi) is 6.24. The number of morpholine rings is 1. The summed E-state index contributed by atoms with van der Waals surface area (Å²) in [5.41, 5.74) is 2.05. The normalized spacial score (nSPS) is 14.5. The number of hydrogen-bond acceptors (Lipinski definition) is 5. The maximum atomic E-state index is 12.9. The minimum Gasteiger partial charge on any atom is -0.378 e. The molecule has 0 saturated carbocycles. The molecule has 9 heteroatoms. The van der Waals surface area contributed by atoms with Crippen molar-refractivity contribution in [1.82, 2.24) is 10.3 Å². The molecule has 0 atom stereocenters. The number of hydrogen-bond donors (Lipinski definition) is 1. The number of alkyl halides is 3. The lowest BCUT2D eigenvalue weighted by molar-refractivity contribution is -0.137. The predicted molar refractivity (Wildman–Crippen MR) is 113 cm³/mol. The Morgan fingerprint density at radius 1 is 1.10 bits per heavy atom. The van der Waals surface area contributed by atoms with Crippen molar-refractivity contribution in [2.45, 2.75) is 12.7 Å². The lowest BCUT2D eigenvalue weighted by Gasteiger charge is -2.29. The molecule has 0 radical (unpaired) electrons. The lowest BCUT2D eigenvalue weighted by atomic mass is 10.1. The van der Waals surface area contributed by atoms with E-state index in [0.29, 0.717) is 43.2 Å². The highest BCUT2D eigenvalue weighted by atomic mass is 32.1. The summed E-state index contributed by atoms with van der Waals surface area (Å²) in [6, 6.07) is 10.3.